The van der Waals surface area contributed by atoms with Crippen LogP contribution in [-0.4, -0.2) is 18.4 Å². The Balaban J connectivity index is 1.64. The van der Waals surface area contributed by atoms with Gasteiger partial charge in [0.25, 0.3) is 11.8 Å². The number of anilines is 2. The van der Waals surface area contributed by atoms with E-state index in [1.807, 2.05) is 64.9 Å². The summed E-state index contributed by atoms with van der Waals surface area (Å²) in [6.45, 7) is 2.78. The Bertz CT molecular complexity index is 1130. The van der Waals surface area contributed by atoms with Crippen LogP contribution in [0.5, 0.6) is 0 Å². The van der Waals surface area contributed by atoms with Gasteiger partial charge in [-0.25, -0.2) is 4.90 Å². The molecule has 2 aromatic carbocycles. The molecule has 29 heavy (non-hydrogen) atoms. The van der Waals surface area contributed by atoms with Crippen molar-refractivity contribution in [3.8, 4) is 0 Å². The van der Waals surface area contributed by atoms with Crippen molar-refractivity contribution in [3.63, 3.8) is 0 Å². The molecule has 5 rings (SSSR count). The molecule has 5 heteroatoms. The molecule has 0 fully saturated rings. The van der Waals surface area contributed by atoms with Crippen LogP contribution in [0.1, 0.15) is 22.9 Å². The molecule has 0 saturated carbocycles. The number of carbonyl (C=O) groups is 2. The van der Waals surface area contributed by atoms with Crippen molar-refractivity contribution in [1.29, 1.82) is 0 Å². The van der Waals surface area contributed by atoms with E-state index >= 15 is 0 Å². The minimum atomic E-state index is -0.251. The van der Waals surface area contributed by atoms with Crippen molar-refractivity contribution < 1.29 is 9.59 Å². The molecule has 0 atom stereocenters. The summed E-state index contributed by atoms with van der Waals surface area (Å²) in [6.07, 6.45) is 1.78. The third-order valence-corrected chi connectivity index (χ3v) is 6.47. The van der Waals surface area contributed by atoms with Gasteiger partial charge in [-0.15, -0.1) is 11.3 Å². The molecule has 0 N–H and O–H groups in total. The summed E-state index contributed by atoms with van der Waals surface area (Å²) in [4.78, 5) is 31.2. The van der Waals surface area contributed by atoms with E-state index in [9.17, 15) is 9.59 Å². The molecule has 4 nitrogen and oxygen atoms in total. The molecule has 2 aliphatic heterocycles. The van der Waals surface area contributed by atoms with Crippen molar-refractivity contribution in [2.45, 2.75) is 19.8 Å². The highest BCUT2D eigenvalue weighted by molar-refractivity contribution is 7.11. The number of rotatable bonds is 4. The van der Waals surface area contributed by atoms with Gasteiger partial charge >= 0.3 is 0 Å². The fraction of sp³-hybridized carbons (Fsp3) is 0.167. The van der Waals surface area contributed by atoms with Crippen LogP contribution >= 0.6 is 11.3 Å². The molecule has 3 aromatic rings. The summed E-state index contributed by atoms with van der Waals surface area (Å²) in [5.74, 6) is -0.500. The highest BCUT2D eigenvalue weighted by Crippen LogP contribution is 2.40. The smallest absolute Gasteiger partial charge is 0.282 e. The van der Waals surface area contributed by atoms with Crippen LogP contribution < -0.4 is 9.80 Å². The summed E-state index contributed by atoms with van der Waals surface area (Å²) in [6, 6.07) is 19.6. The Morgan fingerprint density at radius 1 is 0.931 bits per heavy atom. The van der Waals surface area contributed by atoms with Crippen LogP contribution in [0.2, 0.25) is 0 Å². The number of amides is 2. The average molecular weight is 401 g/mol. The Hall–Kier alpha value is -3.18. The van der Waals surface area contributed by atoms with Crippen LogP contribution in [0, 0.1) is 0 Å². The van der Waals surface area contributed by atoms with Gasteiger partial charge in [-0.3, -0.25) is 9.59 Å². The molecule has 144 valence electrons. The first-order valence-corrected chi connectivity index (χ1v) is 10.7. The molecule has 0 unspecified atom stereocenters. The second-order valence-corrected chi connectivity index (χ2v) is 8.14. The van der Waals surface area contributed by atoms with Crippen molar-refractivity contribution in [3.05, 3.63) is 87.7 Å². The highest BCUT2D eigenvalue weighted by atomic mass is 32.1. The van der Waals surface area contributed by atoms with Gasteiger partial charge in [0.1, 0.15) is 5.70 Å². The average Bonchev–Trinajstić information content (AvgIpc) is 3.46. The molecule has 2 aliphatic rings. The highest BCUT2D eigenvalue weighted by Gasteiger charge is 2.44. The molecular formula is C24H20N2O2S. The molecule has 0 bridgehead atoms. The Morgan fingerprint density at radius 3 is 2.45 bits per heavy atom. The summed E-state index contributed by atoms with van der Waals surface area (Å²) >= 11 is 1.49. The summed E-state index contributed by atoms with van der Waals surface area (Å²) < 4.78 is 0. The Kier molecular flexibility index (Phi) is 4.32. The largest absolute Gasteiger partial charge is 0.336 e. The maximum atomic E-state index is 13.6. The van der Waals surface area contributed by atoms with Crippen molar-refractivity contribution in [2.24, 2.45) is 0 Å². The van der Waals surface area contributed by atoms with E-state index in [2.05, 4.69) is 13.0 Å². The number of carbonyl (C=O) groups excluding carboxylic acids is 2. The monoisotopic (exact) mass is 400 g/mol. The predicted molar refractivity (Wildman–Crippen MR) is 117 cm³/mol. The third kappa shape index (κ3) is 2.81. The number of para-hydroxylation sites is 1. The van der Waals surface area contributed by atoms with Gasteiger partial charge in [0, 0.05) is 17.1 Å². The lowest BCUT2D eigenvalue weighted by molar-refractivity contribution is -0.120. The fourth-order valence-corrected chi connectivity index (χ4v) is 4.86. The van der Waals surface area contributed by atoms with Gasteiger partial charge in [0.05, 0.1) is 11.3 Å². The first kappa shape index (κ1) is 17.9. The zero-order valence-corrected chi connectivity index (χ0v) is 16.9. The van der Waals surface area contributed by atoms with Gasteiger partial charge < -0.3 is 4.90 Å². The van der Waals surface area contributed by atoms with Crippen LogP contribution in [0.4, 0.5) is 11.4 Å². The SMILES string of the molecule is CCc1ccc(N2C(=O)C(c3cccs3)=C(N3CCc4ccccc43)C2=O)cc1. The molecule has 0 saturated heterocycles. The van der Waals surface area contributed by atoms with E-state index in [4.69, 9.17) is 0 Å². The summed E-state index contributed by atoms with van der Waals surface area (Å²) in [5.41, 5.74) is 5.00. The van der Waals surface area contributed by atoms with Crippen LogP contribution in [0.15, 0.2) is 71.7 Å². The molecule has 2 amide bonds. The lowest BCUT2D eigenvalue weighted by Crippen LogP contribution is -2.34. The van der Waals surface area contributed by atoms with Crippen LogP contribution in [-0.2, 0) is 22.4 Å². The van der Waals surface area contributed by atoms with Crippen LogP contribution in [0.25, 0.3) is 5.57 Å². The lowest BCUT2D eigenvalue weighted by atomic mass is 10.1. The van der Waals surface area contributed by atoms with Crippen molar-refractivity contribution in [1.82, 2.24) is 0 Å². The van der Waals surface area contributed by atoms with E-state index in [0.29, 0.717) is 23.5 Å². The number of imide groups is 1. The Labute approximate surface area is 173 Å². The van der Waals surface area contributed by atoms with Crippen molar-refractivity contribution in [2.75, 3.05) is 16.3 Å². The summed E-state index contributed by atoms with van der Waals surface area (Å²) in [5, 5.41) is 1.94. The zero-order chi connectivity index (χ0) is 20.0. The second-order valence-electron chi connectivity index (χ2n) is 7.20. The minimum absolute atomic E-state index is 0.249. The topological polar surface area (TPSA) is 40.6 Å². The van der Waals surface area contributed by atoms with E-state index in [1.165, 1.54) is 27.4 Å². The lowest BCUT2D eigenvalue weighted by Gasteiger charge is -2.21. The van der Waals surface area contributed by atoms with E-state index in [0.717, 1.165) is 23.4 Å². The maximum Gasteiger partial charge on any atom is 0.282 e. The van der Waals surface area contributed by atoms with Gasteiger partial charge in [0.15, 0.2) is 0 Å². The second kappa shape index (κ2) is 7.01. The molecule has 0 radical (unpaired) electrons. The number of hydrogen-bond donors (Lipinski definition) is 0. The number of thiophene rings is 1. The zero-order valence-electron chi connectivity index (χ0n) is 16.1. The minimum Gasteiger partial charge on any atom is -0.336 e. The quantitative estimate of drug-likeness (QED) is 0.598. The van der Waals surface area contributed by atoms with Gasteiger partial charge in [-0.1, -0.05) is 43.3 Å². The summed E-state index contributed by atoms with van der Waals surface area (Å²) in [7, 11) is 0. The van der Waals surface area contributed by atoms with Gasteiger partial charge in [-0.05, 0) is 53.6 Å². The standard InChI is InChI=1S/C24H20N2O2S/c1-2-16-9-11-18(12-10-16)26-23(27)21(20-8-5-15-29-20)22(24(26)28)25-14-13-17-6-3-4-7-19(17)25/h3-12,15H,2,13-14H2,1H3. The fourth-order valence-electron chi connectivity index (χ4n) is 4.10. The Morgan fingerprint density at radius 2 is 1.72 bits per heavy atom. The first-order valence-electron chi connectivity index (χ1n) is 9.80. The number of aryl methyl sites for hydroxylation is 1. The first-order chi connectivity index (χ1) is 14.2. The van der Waals surface area contributed by atoms with E-state index in [-0.39, 0.29) is 11.8 Å². The normalized spacial score (nSPS) is 16.2. The molecule has 0 spiro atoms. The van der Waals surface area contributed by atoms with Gasteiger partial charge in [0.2, 0.25) is 0 Å². The number of fused-ring (bicyclic) bond motifs is 1. The number of benzene rings is 2. The van der Waals surface area contributed by atoms with E-state index < -0.39 is 0 Å². The van der Waals surface area contributed by atoms with E-state index in [1.54, 1.807) is 0 Å². The number of nitrogens with zero attached hydrogens (tertiary/aromatic N) is 2. The number of hydrogen-bond acceptors (Lipinski definition) is 4. The molecule has 0 aliphatic carbocycles. The molecule has 1 aromatic heterocycles. The molecular weight excluding hydrogens is 380 g/mol. The van der Waals surface area contributed by atoms with Crippen molar-refractivity contribution >= 4 is 40.1 Å². The molecule has 3 heterocycles. The maximum absolute atomic E-state index is 13.6. The predicted octanol–water partition coefficient (Wildman–Crippen LogP) is 4.66. The van der Waals surface area contributed by atoms with Gasteiger partial charge in [-0.2, -0.15) is 0 Å². The van der Waals surface area contributed by atoms with Crippen LogP contribution in [0.3, 0.4) is 0 Å². The third-order valence-electron chi connectivity index (χ3n) is 5.59.